The van der Waals surface area contributed by atoms with Gasteiger partial charge in [-0.1, -0.05) is 11.6 Å². The highest BCUT2D eigenvalue weighted by atomic mass is 35.5. The molecule has 1 heterocycles. The smallest absolute Gasteiger partial charge is 0.166 e. The minimum atomic E-state index is -0.452. The topological polar surface area (TPSA) is 38.3 Å². The van der Waals surface area contributed by atoms with E-state index in [0.29, 0.717) is 6.61 Å². The molecule has 1 aliphatic rings. The third kappa shape index (κ3) is 4.27. The molecule has 19 heavy (non-hydrogen) atoms. The summed E-state index contributed by atoms with van der Waals surface area (Å²) >= 11 is 5.88. The highest BCUT2D eigenvalue weighted by molar-refractivity contribution is 6.33. The second-order valence-corrected chi connectivity index (χ2v) is 5.02. The summed E-state index contributed by atoms with van der Waals surface area (Å²) in [5.41, 5.74) is 0.232. The molecule has 0 amide bonds. The van der Waals surface area contributed by atoms with E-state index in [0.717, 1.165) is 25.9 Å². The number of piperidine rings is 1. The fraction of sp³-hybridized carbons (Fsp3) is 0.500. The third-order valence-electron chi connectivity index (χ3n) is 3.20. The summed E-state index contributed by atoms with van der Waals surface area (Å²) in [5, 5.41) is 3.53. The van der Waals surface area contributed by atoms with Crippen molar-refractivity contribution in [2.45, 2.75) is 25.4 Å². The van der Waals surface area contributed by atoms with Crippen LogP contribution in [0, 0.1) is 5.82 Å². The minimum Gasteiger partial charge on any atom is -0.378 e. The molecular formula is C14H17ClFNO2. The van der Waals surface area contributed by atoms with E-state index in [9.17, 15) is 9.18 Å². The van der Waals surface area contributed by atoms with Gasteiger partial charge < -0.3 is 10.1 Å². The quantitative estimate of drug-likeness (QED) is 0.846. The van der Waals surface area contributed by atoms with Crippen molar-refractivity contribution >= 4 is 17.4 Å². The van der Waals surface area contributed by atoms with E-state index in [1.54, 1.807) is 0 Å². The van der Waals surface area contributed by atoms with E-state index >= 15 is 0 Å². The number of Topliss-reactive ketones (excluding diaryl/α,β-unsaturated/α-hetero) is 1. The van der Waals surface area contributed by atoms with Gasteiger partial charge in [-0.25, -0.2) is 4.39 Å². The van der Waals surface area contributed by atoms with Crippen LogP contribution in [0.2, 0.25) is 5.02 Å². The number of carbonyl (C=O) groups excluding carboxylic acids is 1. The van der Waals surface area contributed by atoms with Crippen molar-refractivity contribution in [3.05, 3.63) is 34.6 Å². The van der Waals surface area contributed by atoms with E-state index in [2.05, 4.69) is 5.32 Å². The Hall–Kier alpha value is -0.970. The zero-order valence-electron chi connectivity index (χ0n) is 10.6. The number of benzene rings is 1. The van der Waals surface area contributed by atoms with Crippen LogP contribution in [0.5, 0.6) is 0 Å². The standard InChI is InChI=1S/C14H17ClFNO2/c15-13-2-1-10(16)9-12(13)14(18)5-8-19-11-3-6-17-7-4-11/h1-2,9,11,17H,3-8H2. The van der Waals surface area contributed by atoms with Crippen LogP contribution in [-0.4, -0.2) is 31.6 Å². The van der Waals surface area contributed by atoms with E-state index in [-0.39, 0.29) is 28.9 Å². The summed E-state index contributed by atoms with van der Waals surface area (Å²) in [5.74, 6) is -0.634. The molecule has 0 bridgehead atoms. The van der Waals surface area contributed by atoms with Gasteiger partial charge in [0.1, 0.15) is 5.82 Å². The van der Waals surface area contributed by atoms with Gasteiger partial charge in [-0.05, 0) is 44.1 Å². The Morgan fingerprint density at radius 2 is 2.16 bits per heavy atom. The molecule has 0 atom stereocenters. The zero-order valence-corrected chi connectivity index (χ0v) is 11.4. The second-order valence-electron chi connectivity index (χ2n) is 4.62. The Morgan fingerprint density at radius 1 is 1.42 bits per heavy atom. The van der Waals surface area contributed by atoms with Crippen LogP contribution in [0.25, 0.3) is 0 Å². The molecule has 5 heteroatoms. The van der Waals surface area contributed by atoms with Gasteiger partial charge in [-0.2, -0.15) is 0 Å². The predicted octanol–water partition coefficient (Wildman–Crippen LogP) is 2.82. The first kappa shape index (κ1) is 14.4. The van der Waals surface area contributed by atoms with Crippen molar-refractivity contribution in [1.82, 2.24) is 5.32 Å². The maximum Gasteiger partial charge on any atom is 0.166 e. The van der Waals surface area contributed by atoms with Crippen LogP contribution in [0.15, 0.2) is 18.2 Å². The fourth-order valence-electron chi connectivity index (χ4n) is 2.13. The Bertz CT molecular complexity index is 447. The van der Waals surface area contributed by atoms with Crippen molar-refractivity contribution in [3.63, 3.8) is 0 Å². The van der Waals surface area contributed by atoms with Gasteiger partial charge in [-0.15, -0.1) is 0 Å². The molecule has 104 valence electrons. The van der Waals surface area contributed by atoms with Gasteiger partial charge >= 0.3 is 0 Å². The lowest BCUT2D eigenvalue weighted by Gasteiger charge is -2.22. The molecule has 0 unspecified atom stereocenters. The first-order valence-electron chi connectivity index (χ1n) is 6.47. The van der Waals surface area contributed by atoms with Crippen molar-refractivity contribution < 1.29 is 13.9 Å². The van der Waals surface area contributed by atoms with Gasteiger partial charge in [-0.3, -0.25) is 4.79 Å². The van der Waals surface area contributed by atoms with Crippen LogP contribution in [0.1, 0.15) is 29.6 Å². The van der Waals surface area contributed by atoms with E-state index < -0.39 is 5.82 Å². The summed E-state index contributed by atoms with van der Waals surface area (Å²) in [4.78, 5) is 11.9. The van der Waals surface area contributed by atoms with Crippen LogP contribution in [0.4, 0.5) is 4.39 Å². The molecule has 1 aromatic carbocycles. The maximum absolute atomic E-state index is 13.1. The van der Waals surface area contributed by atoms with Crippen LogP contribution >= 0.6 is 11.6 Å². The van der Waals surface area contributed by atoms with E-state index in [1.807, 2.05) is 0 Å². The van der Waals surface area contributed by atoms with Gasteiger partial charge in [0.2, 0.25) is 0 Å². The lowest BCUT2D eigenvalue weighted by Crippen LogP contribution is -2.32. The lowest BCUT2D eigenvalue weighted by molar-refractivity contribution is 0.0313. The highest BCUT2D eigenvalue weighted by Gasteiger charge is 2.15. The number of ketones is 1. The number of ether oxygens (including phenoxy) is 1. The van der Waals surface area contributed by atoms with E-state index in [1.165, 1.54) is 18.2 Å². The molecule has 1 aliphatic heterocycles. The highest BCUT2D eigenvalue weighted by Crippen LogP contribution is 2.19. The molecule has 1 N–H and O–H groups in total. The first-order chi connectivity index (χ1) is 9.16. The maximum atomic E-state index is 13.1. The Balaban J connectivity index is 1.82. The van der Waals surface area contributed by atoms with Crippen molar-refractivity contribution in [3.8, 4) is 0 Å². The average Bonchev–Trinajstić information content (AvgIpc) is 2.42. The van der Waals surface area contributed by atoms with Crippen molar-refractivity contribution in [1.29, 1.82) is 0 Å². The largest absolute Gasteiger partial charge is 0.378 e. The molecule has 0 radical (unpaired) electrons. The predicted molar refractivity (Wildman–Crippen MR) is 72.2 cm³/mol. The van der Waals surface area contributed by atoms with Crippen LogP contribution < -0.4 is 5.32 Å². The van der Waals surface area contributed by atoms with Gasteiger partial charge in [0, 0.05) is 12.0 Å². The van der Waals surface area contributed by atoms with Crippen LogP contribution in [-0.2, 0) is 4.74 Å². The number of hydrogen-bond acceptors (Lipinski definition) is 3. The molecular weight excluding hydrogens is 269 g/mol. The lowest BCUT2D eigenvalue weighted by atomic mass is 10.1. The third-order valence-corrected chi connectivity index (χ3v) is 3.53. The summed E-state index contributed by atoms with van der Waals surface area (Å²) in [6.45, 7) is 2.26. The average molecular weight is 286 g/mol. The summed E-state index contributed by atoms with van der Waals surface area (Å²) in [6.07, 6.45) is 2.38. The molecule has 0 spiro atoms. The zero-order chi connectivity index (χ0) is 13.7. The summed E-state index contributed by atoms with van der Waals surface area (Å²) in [7, 11) is 0. The normalized spacial score (nSPS) is 16.5. The molecule has 2 rings (SSSR count). The first-order valence-corrected chi connectivity index (χ1v) is 6.85. The van der Waals surface area contributed by atoms with Crippen molar-refractivity contribution in [2.75, 3.05) is 19.7 Å². The Morgan fingerprint density at radius 3 is 2.89 bits per heavy atom. The number of hydrogen-bond donors (Lipinski definition) is 1. The molecule has 1 fully saturated rings. The number of nitrogens with one attached hydrogen (secondary N) is 1. The van der Waals surface area contributed by atoms with Gasteiger partial charge in [0.05, 0.1) is 17.7 Å². The summed E-state index contributed by atoms with van der Waals surface area (Å²) in [6, 6.07) is 3.82. The monoisotopic (exact) mass is 285 g/mol. The SMILES string of the molecule is O=C(CCOC1CCNCC1)c1cc(F)ccc1Cl. The number of halogens is 2. The molecule has 0 saturated carbocycles. The Labute approximate surface area is 117 Å². The Kier molecular flexibility index (Phi) is 5.31. The number of rotatable bonds is 5. The van der Waals surface area contributed by atoms with Gasteiger partial charge in [0.15, 0.2) is 5.78 Å². The molecule has 1 saturated heterocycles. The minimum absolute atomic E-state index is 0.182. The fourth-order valence-corrected chi connectivity index (χ4v) is 2.35. The van der Waals surface area contributed by atoms with E-state index in [4.69, 9.17) is 16.3 Å². The molecule has 0 aromatic heterocycles. The number of carbonyl (C=O) groups is 1. The molecule has 3 nitrogen and oxygen atoms in total. The second kappa shape index (κ2) is 6.98. The molecule has 1 aromatic rings. The van der Waals surface area contributed by atoms with Gasteiger partial charge in [0.25, 0.3) is 0 Å². The van der Waals surface area contributed by atoms with Crippen molar-refractivity contribution in [2.24, 2.45) is 0 Å². The van der Waals surface area contributed by atoms with Crippen LogP contribution in [0.3, 0.4) is 0 Å². The summed E-state index contributed by atoms with van der Waals surface area (Å²) < 4.78 is 18.7. The molecule has 0 aliphatic carbocycles.